The van der Waals surface area contributed by atoms with Crippen LogP contribution in [0.25, 0.3) is 17.0 Å². The Balaban J connectivity index is 1.77. The molecule has 1 fully saturated rings. The average Bonchev–Trinajstić information content (AvgIpc) is 3.09. The first-order valence-electron chi connectivity index (χ1n) is 9.34. The largest absolute Gasteiger partial charge is 0.478 e. The Morgan fingerprint density at radius 3 is 2.52 bits per heavy atom. The molecule has 2 aromatic carbocycles. The molecule has 2 amide bonds. The molecule has 0 aliphatic carbocycles. The number of carboxylic acids is 1. The second kappa shape index (κ2) is 8.00. The number of fused-ring (bicyclic) bond motifs is 1. The van der Waals surface area contributed by atoms with E-state index in [0.717, 1.165) is 10.9 Å². The molecule has 2 heterocycles. The molecule has 154 valence electrons. The summed E-state index contributed by atoms with van der Waals surface area (Å²) in [7, 11) is 0. The molecule has 0 spiro atoms. The number of amides is 2. The van der Waals surface area contributed by atoms with Crippen molar-refractivity contribution in [3.63, 3.8) is 0 Å². The molecular weight excluding hydrogens is 414 g/mol. The number of aromatic carboxylic acids is 1. The van der Waals surface area contributed by atoms with Crippen molar-refractivity contribution in [3.8, 4) is 0 Å². The van der Waals surface area contributed by atoms with E-state index in [1.54, 1.807) is 12.2 Å². The van der Waals surface area contributed by atoms with Gasteiger partial charge in [0.15, 0.2) is 5.11 Å². The lowest BCUT2D eigenvalue weighted by Crippen LogP contribution is -2.54. The summed E-state index contributed by atoms with van der Waals surface area (Å²) in [4.78, 5) is 38.1. The number of anilines is 1. The number of carboxylic acid groups (broad SMARTS) is 1. The van der Waals surface area contributed by atoms with Crippen molar-refractivity contribution in [2.75, 3.05) is 4.90 Å². The maximum absolute atomic E-state index is 13.2. The molecule has 1 aliphatic heterocycles. The summed E-state index contributed by atoms with van der Waals surface area (Å²) in [5.41, 5.74) is 2.03. The van der Waals surface area contributed by atoms with Crippen LogP contribution in [-0.4, -0.2) is 32.6 Å². The van der Waals surface area contributed by atoms with E-state index in [0.29, 0.717) is 17.8 Å². The summed E-state index contributed by atoms with van der Waals surface area (Å²) in [6.07, 6.45) is 5.17. The molecule has 1 saturated heterocycles. The minimum absolute atomic E-state index is 0.0655. The van der Waals surface area contributed by atoms with Gasteiger partial charge >= 0.3 is 5.97 Å². The number of aromatic nitrogens is 1. The highest BCUT2D eigenvalue weighted by Crippen LogP contribution is 2.27. The minimum atomic E-state index is -1.08. The van der Waals surface area contributed by atoms with E-state index in [1.165, 1.54) is 29.2 Å². The standard InChI is InChI=1S/C23H17N3O4S/c1-2-11-25-13-15(17-5-3-4-6-19(17)25)12-18-20(27)24-23(31)26(21(18)28)16-9-7-14(8-10-16)22(29)30/h2-10,12-13H,1,11H2,(H,29,30)(H,24,27,31)/b18-12+. The van der Waals surface area contributed by atoms with Gasteiger partial charge in [0.2, 0.25) is 0 Å². The zero-order valence-corrected chi connectivity index (χ0v) is 17.1. The molecule has 7 nitrogen and oxygen atoms in total. The van der Waals surface area contributed by atoms with Gasteiger partial charge in [0.1, 0.15) is 5.57 Å². The number of nitrogens with zero attached hydrogens (tertiary/aromatic N) is 2. The average molecular weight is 431 g/mol. The van der Waals surface area contributed by atoms with Crippen LogP contribution in [0.5, 0.6) is 0 Å². The maximum atomic E-state index is 13.2. The normalized spacial score (nSPS) is 15.4. The highest BCUT2D eigenvalue weighted by atomic mass is 32.1. The van der Waals surface area contributed by atoms with Gasteiger partial charge in [0.05, 0.1) is 11.3 Å². The van der Waals surface area contributed by atoms with Crippen LogP contribution in [0.2, 0.25) is 0 Å². The van der Waals surface area contributed by atoms with Gasteiger partial charge in [0.25, 0.3) is 11.8 Å². The van der Waals surface area contributed by atoms with Gasteiger partial charge in [-0.05, 0) is 48.6 Å². The molecule has 3 aromatic rings. The second-order valence-corrected chi connectivity index (χ2v) is 7.24. The lowest BCUT2D eigenvalue weighted by atomic mass is 10.1. The summed E-state index contributed by atoms with van der Waals surface area (Å²) < 4.78 is 1.98. The van der Waals surface area contributed by atoms with Crippen LogP contribution < -0.4 is 10.2 Å². The van der Waals surface area contributed by atoms with Crippen LogP contribution in [0.4, 0.5) is 5.69 Å². The molecule has 0 bridgehead atoms. The molecule has 0 saturated carbocycles. The Kier molecular flexibility index (Phi) is 5.22. The van der Waals surface area contributed by atoms with Crippen molar-refractivity contribution in [1.82, 2.24) is 9.88 Å². The van der Waals surface area contributed by atoms with Gasteiger partial charge in [-0.1, -0.05) is 24.3 Å². The summed E-state index contributed by atoms with van der Waals surface area (Å²) in [6.45, 7) is 4.35. The van der Waals surface area contributed by atoms with E-state index in [-0.39, 0.29) is 16.2 Å². The van der Waals surface area contributed by atoms with Crippen molar-refractivity contribution in [1.29, 1.82) is 0 Å². The number of carbonyl (C=O) groups excluding carboxylic acids is 2. The molecule has 2 N–H and O–H groups in total. The molecule has 4 rings (SSSR count). The molecule has 0 atom stereocenters. The van der Waals surface area contributed by atoms with Crippen LogP contribution in [-0.2, 0) is 16.1 Å². The summed E-state index contributed by atoms with van der Waals surface area (Å²) >= 11 is 5.20. The van der Waals surface area contributed by atoms with Crippen molar-refractivity contribution >= 4 is 57.8 Å². The van der Waals surface area contributed by atoms with Gasteiger partial charge in [-0.3, -0.25) is 19.8 Å². The zero-order valence-electron chi connectivity index (χ0n) is 16.2. The fourth-order valence-corrected chi connectivity index (χ4v) is 3.76. The molecule has 1 aliphatic rings. The monoisotopic (exact) mass is 431 g/mol. The summed E-state index contributed by atoms with van der Waals surface area (Å²) in [6, 6.07) is 13.4. The highest BCUT2D eigenvalue weighted by Gasteiger charge is 2.34. The molecular formula is C23H17N3O4S. The third kappa shape index (κ3) is 3.64. The second-order valence-electron chi connectivity index (χ2n) is 6.85. The van der Waals surface area contributed by atoms with Gasteiger partial charge in [-0.25, -0.2) is 4.79 Å². The Hall–Kier alpha value is -4.04. The number of carbonyl (C=O) groups is 3. The smallest absolute Gasteiger partial charge is 0.335 e. The molecule has 1 aromatic heterocycles. The first kappa shape index (κ1) is 20.2. The Bertz CT molecular complexity index is 1290. The number of benzene rings is 2. The quantitative estimate of drug-likeness (QED) is 0.280. The van der Waals surface area contributed by atoms with E-state index >= 15 is 0 Å². The van der Waals surface area contributed by atoms with Crippen molar-refractivity contribution in [2.24, 2.45) is 0 Å². The Labute approximate surface area is 182 Å². The van der Waals surface area contributed by atoms with Gasteiger partial charge in [-0.2, -0.15) is 0 Å². The number of hydrogen-bond donors (Lipinski definition) is 2. The fraction of sp³-hybridized carbons (Fsp3) is 0.0435. The van der Waals surface area contributed by atoms with E-state index in [4.69, 9.17) is 17.3 Å². The Morgan fingerprint density at radius 1 is 1.13 bits per heavy atom. The first-order chi connectivity index (χ1) is 14.9. The molecule has 0 radical (unpaired) electrons. The van der Waals surface area contributed by atoms with E-state index < -0.39 is 17.8 Å². The molecule has 0 unspecified atom stereocenters. The molecule has 8 heteroatoms. The lowest BCUT2D eigenvalue weighted by molar-refractivity contribution is -0.122. The zero-order chi connectivity index (χ0) is 22.1. The van der Waals surface area contributed by atoms with Gasteiger partial charge in [0, 0.05) is 29.2 Å². The highest BCUT2D eigenvalue weighted by molar-refractivity contribution is 7.80. The van der Waals surface area contributed by atoms with Crippen LogP contribution in [0.1, 0.15) is 15.9 Å². The first-order valence-corrected chi connectivity index (χ1v) is 9.75. The molecule has 31 heavy (non-hydrogen) atoms. The van der Waals surface area contributed by atoms with Crippen LogP contribution >= 0.6 is 12.2 Å². The number of hydrogen-bond acceptors (Lipinski definition) is 4. The summed E-state index contributed by atoms with van der Waals surface area (Å²) in [5.74, 6) is -2.25. The third-order valence-electron chi connectivity index (χ3n) is 4.92. The number of nitrogens with one attached hydrogen (secondary N) is 1. The predicted octanol–water partition coefficient (Wildman–Crippen LogP) is 3.36. The third-order valence-corrected chi connectivity index (χ3v) is 5.20. The van der Waals surface area contributed by atoms with E-state index in [9.17, 15) is 14.4 Å². The minimum Gasteiger partial charge on any atom is -0.478 e. The predicted molar refractivity (Wildman–Crippen MR) is 122 cm³/mol. The van der Waals surface area contributed by atoms with Crippen molar-refractivity contribution in [3.05, 3.63) is 84.1 Å². The fourth-order valence-electron chi connectivity index (χ4n) is 3.48. The maximum Gasteiger partial charge on any atom is 0.335 e. The summed E-state index contributed by atoms with van der Waals surface area (Å²) in [5, 5.41) is 12.4. The number of para-hydroxylation sites is 1. The lowest BCUT2D eigenvalue weighted by Gasteiger charge is -2.28. The Morgan fingerprint density at radius 2 is 1.84 bits per heavy atom. The topological polar surface area (TPSA) is 91.6 Å². The van der Waals surface area contributed by atoms with Gasteiger partial charge < -0.3 is 9.67 Å². The number of rotatable bonds is 5. The van der Waals surface area contributed by atoms with Crippen molar-refractivity contribution < 1.29 is 19.5 Å². The van der Waals surface area contributed by atoms with Gasteiger partial charge in [-0.15, -0.1) is 6.58 Å². The van der Waals surface area contributed by atoms with Crippen LogP contribution in [0, 0.1) is 0 Å². The van der Waals surface area contributed by atoms with Crippen LogP contribution in [0.3, 0.4) is 0 Å². The number of thiocarbonyl (C=S) groups is 1. The van der Waals surface area contributed by atoms with Crippen molar-refractivity contribution in [2.45, 2.75) is 6.54 Å². The van der Waals surface area contributed by atoms with E-state index in [2.05, 4.69) is 11.9 Å². The van der Waals surface area contributed by atoms with Crippen LogP contribution in [0.15, 0.2) is 73.0 Å². The van der Waals surface area contributed by atoms with E-state index in [1.807, 2.05) is 35.0 Å². The SMILES string of the molecule is C=CCn1cc(/C=C2\C(=O)NC(=S)N(c3ccc(C(=O)O)cc3)C2=O)c2ccccc21. The number of allylic oxidation sites excluding steroid dienone is 1.